The molecule has 4 aromatic rings. The summed E-state index contributed by atoms with van der Waals surface area (Å²) in [6.07, 6.45) is -0.535. The summed E-state index contributed by atoms with van der Waals surface area (Å²) in [6, 6.07) is 26.8. The molecular formula is C25H21N5O3. The molecule has 1 aromatic heterocycles. The summed E-state index contributed by atoms with van der Waals surface area (Å²) in [4.78, 5) is 29.2. The molecule has 0 bridgehead atoms. The number of fused-ring (bicyclic) bond motifs is 5. The molecule has 8 heteroatoms. The van der Waals surface area contributed by atoms with E-state index in [-0.39, 0.29) is 12.5 Å². The van der Waals surface area contributed by atoms with E-state index in [0.717, 1.165) is 16.8 Å². The molecule has 164 valence electrons. The van der Waals surface area contributed by atoms with Crippen LogP contribution in [0.15, 0.2) is 99.7 Å². The first-order chi connectivity index (χ1) is 16.2. The van der Waals surface area contributed by atoms with Crippen molar-refractivity contribution in [1.82, 2.24) is 13.9 Å². The molecule has 0 amide bonds. The number of para-hydroxylation sites is 2. The molecule has 6 rings (SSSR count). The SMILES string of the molecule is O=c1n(-c2ccccc2)c(=O)n2n1C/C(=N/O)C1c3ccccc3N(Cc3ccccc3)C12. The van der Waals surface area contributed by atoms with Crippen LogP contribution in [0, 0.1) is 0 Å². The highest BCUT2D eigenvalue weighted by atomic mass is 16.4. The van der Waals surface area contributed by atoms with Crippen LogP contribution >= 0.6 is 0 Å². The molecule has 0 saturated heterocycles. The molecule has 2 atom stereocenters. The van der Waals surface area contributed by atoms with Gasteiger partial charge in [0.1, 0.15) is 6.17 Å². The van der Waals surface area contributed by atoms with Crippen molar-refractivity contribution in [3.8, 4) is 5.69 Å². The van der Waals surface area contributed by atoms with Gasteiger partial charge < -0.3 is 10.1 Å². The first-order valence-electron chi connectivity index (χ1n) is 10.8. The van der Waals surface area contributed by atoms with Crippen LogP contribution < -0.4 is 16.3 Å². The Morgan fingerprint density at radius 3 is 2.24 bits per heavy atom. The standard InChI is InChI=1S/C25H21N5O3/c31-24-28-16-20(26-33)22-19-13-7-8-14-21(19)27(15-17-9-3-1-4-10-17)23(22)30(28)25(32)29(24)18-11-5-2-6-12-18/h1-14,22-23,33H,15-16H2/b26-20-. The molecule has 2 aliphatic heterocycles. The lowest BCUT2D eigenvalue weighted by molar-refractivity contribution is 0.287. The van der Waals surface area contributed by atoms with Crippen LogP contribution in [-0.2, 0) is 13.1 Å². The van der Waals surface area contributed by atoms with Gasteiger partial charge in [0.25, 0.3) is 0 Å². The summed E-state index contributed by atoms with van der Waals surface area (Å²) in [5.74, 6) is -0.348. The summed E-state index contributed by atoms with van der Waals surface area (Å²) in [6.45, 7) is 0.577. The fraction of sp³-hybridized carbons (Fsp3) is 0.160. The predicted octanol–water partition coefficient (Wildman–Crippen LogP) is 2.95. The van der Waals surface area contributed by atoms with E-state index in [1.165, 1.54) is 13.9 Å². The van der Waals surface area contributed by atoms with Crippen molar-refractivity contribution in [2.75, 3.05) is 4.90 Å². The second-order valence-electron chi connectivity index (χ2n) is 8.29. The van der Waals surface area contributed by atoms with E-state index >= 15 is 0 Å². The second-order valence-corrected chi connectivity index (χ2v) is 8.29. The average Bonchev–Trinajstić information content (AvgIpc) is 3.31. The van der Waals surface area contributed by atoms with Gasteiger partial charge in [-0.1, -0.05) is 71.9 Å². The first-order valence-corrected chi connectivity index (χ1v) is 10.8. The molecular weight excluding hydrogens is 418 g/mol. The fourth-order valence-electron chi connectivity index (χ4n) is 5.12. The smallest absolute Gasteiger partial charge is 0.353 e. The third-order valence-electron chi connectivity index (χ3n) is 6.52. The largest absolute Gasteiger partial charge is 0.411 e. The van der Waals surface area contributed by atoms with Crippen molar-refractivity contribution in [2.45, 2.75) is 25.2 Å². The number of oxime groups is 1. The molecule has 0 fully saturated rings. The number of benzene rings is 3. The zero-order valence-corrected chi connectivity index (χ0v) is 17.7. The Morgan fingerprint density at radius 2 is 1.52 bits per heavy atom. The number of hydrogen-bond donors (Lipinski definition) is 1. The molecule has 33 heavy (non-hydrogen) atoms. The van der Waals surface area contributed by atoms with Crippen molar-refractivity contribution in [3.05, 3.63) is 117 Å². The quantitative estimate of drug-likeness (QED) is 0.393. The highest BCUT2D eigenvalue weighted by Crippen LogP contribution is 2.49. The summed E-state index contributed by atoms with van der Waals surface area (Å²) in [5, 5.41) is 13.5. The maximum absolute atomic E-state index is 13.7. The van der Waals surface area contributed by atoms with Crippen molar-refractivity contribution in [2.24, 2.45) is 5.16 Å². The van der Waals surface area contributed by atoms with Crippen molar-refractivity contribution in [3.63, 3.8) is 0 Å². The van der Waals surface area contributed by atoms with Crippen LogP contribution in [0.25, 0.3) is 5.69 Å². The lowest BCUT2D eigenvalue weighted by atomic mass is 9.92. The third kappa shape index (κ3) is 2.80. The highest BCUT2D eigenvalue weighted by molar-refractivity contribution is 5.95. The van der Waals surface area contributed by atoms with Gasteiger partial charge in [0.2, 0.25) is 0 Å². The van der Waals surface area contributed by atoms with Crippen LogP contribution in [0.2, 0.25) is 0 Å². The van der Waals surface area contributed by atoms with Crippen LogP contribution in [0.4, 0.5) is 5.69 Å². The number of hydrogen-bond acceptors (Lipinski definition) is 5. The Kier molecular flexibility index (Phi) is 4.33. The molecule has 0 aliphatic carbocycles. The Morgan fingerprint density at radius 1 is 0.848 bits per heavy atom. The lowest BCUT2D eigenvalue weighted by Crippen LogP contribution is -2.47. The van der Waals surface area contributed by atoms with E-state index in [9.17, 15) is 14.8 Å². The number of anilines is 1. The van der Waals surface area contributed by atoms with E-state index in [1.807, 2.05) is 60.7 Å². The summed E-state index contributed by atoms with van der Waals surface area (Å²) in [5.41, 5.74) is 3.10. The van der Waals surface area contributed by atoms with Crippen molar-refractivity contribution >= 4 is 11.4 Å². The van der Waals surface area contributed by atoms with Crippen molar-refractivity contribution < 1.29 is 5.21 Å². The van der Waals surface area contributed by atoms with Gasteiger partial charge in [-0.25, -0.2) is 23.5 Å². The summed E-state index contributed by atoms with van der Waals surface area (Å²) >= 11 is 0. The number of rotatable bonds is 3. The van der Waals surface area contributed by atoms with Gasteiger partial charge in [-0.15, -0.1) is 0 Å². The van der Waals surface area contributed by atoms with E-state index in [4.69, 9.17) is 0 Å². The minimum absolute atomic E-state index is 0.0408. The van der Waals surface area contributed by atoms with Gasteiger partial charge in [0.15, 0.2) is 0 Å². The predicted molar refractivity (Wildman–Crippen MR) is 124 cm³/mol. The molecule has 0 radical (unpaired) electrons. The number of aromatic nitrogens is 3. The van der Waals surface area contributed by atoms with E-state index in [2.05, 4.69) is 10.1 Å². The van der Waals surface area contributed by atoms with Crippen LogP contribution in [0.5, 0.6) is 0 Å². The molecule has 3 heterocycles. The Hall–Kier alpha value is -4.33. The topological polar surface area (TPSA) is 84.8 Å². The van der Waals surface area contributed by atoms with Gasteiger partial charge in [-0.2, -0.15) is 0 Å². The van der Waals surface area contributed by atoms with Crippen LogP contribution in [-0.4, -0.2) is 24.8 Å². The minimum Gasteiger partial charge on any atom is -0.411 e. The molecule has 2 aliphatic rings. The first kappa shape index (κ1) is 19.4. The van der Waals surface area contributed by atoms with Crippen LogP contribution in [0.1, 0.15) is 23.2 Å². The Balaban J connectivity index is 1.60. The van der Waals surface area contributed by atoms with E-state index in [0.29, 0.717) is 17.9 Å². The van der Waals surface area contributed by atoms with Gasteiger partial charge in [-0.3, -0.25) is 0 Å². The maximum atomic E-state index is 13.7. The Labute approximate surface area is 188 Å². The monoisotopic (exact) mass is 439 g/mol. The summed E-state index contributed by atoms with van der Waals surface area (Å²) in [7, 11) is 0. The third-order valence-corrected chi connectivity index (χ3v) is 6.52. The molecule has 0 spiro atoms. The average molecular weight is 439 g/mol. The van der Waals surface area contributed by atoms with Gasteiger partial charge in [0.05, 0.1) is 23.9 Å². The van der Waals surface area contributed by atoms with Gasteiger partial charge in [0, 0.05) is 12.2 Å². The molecule has 3 aromatic carbocycles. The summed E-state index contributed by atoms with van der Waals surface area (Å²) < 4.78 is 4.09. The molecule has 1 N–H and O–H groups in total. The minimum atomic E-state index is -0.535. The second kappa shape index (κ2) is 7.37. The maximum Gasteiger partial charge on any atom is 0.353 e. The normalized spacial score (nSPS) is 19.9. The van der Waals surface area contributed by atoms with E-state index < -0.39 is 17.5 Å². The van der Waals surface area contributed by atoms with Gasteiger partial charge >= 0.3 is 11.4 Å². The van der Waals surface area contributed by atoms with Crippen molar-refractivity contribution in [1.29, 1.82) is 0 Å². The van der Waals surface area contributed by atoms with Crippen LogP contribution in [0.3, 0.4) is 0 Å². The zero-order chi connectivity index (χ0) is 22.5. The van der Waals surface area contributed by atoms with Gasteiger partial charge in [-0.05, 0) is 29.3 Å². The Bertz CT molecular complexity index is 1480. The van der Waals surface area contributed by atoms with E-state index in [1.54, 1.807) is 24.3 Å². The fourth-order valence-corrected chi connectivity index (χ4v) is 5.12. The molecule has 0 saturated carbocycles. The zero-order valence-electron chi connectivity index (χ0n) is 17.7. The number of nitrogens with zero attached hydrogens (tertiary/aromatic N) is 5. The highest BCUT2D eigenvalue weighted by Gasteiger charge is 2.48. The molecule has 2 unspecified atom stereocenters. The lowest BCUT2D eigenvalue weighted by Gasteiger charge is -2.35. The molecule has 8 nitrogen and oxygen atoms in total.